The molecule has 0 aliphatic carbocycles. The molecular weight excluding hydrogens is 586 g/mol. The van der Waals surface area contributed by atoms with Crippen LogP contribution in [0.5, 0.6) is 5.75 Å². The lowest BCUT2D eigenvalue weighted by Crippen LogP contribution is -2.21. The minimum absolute atomic E-state index is 0.0460. The first-order valence-corrected chi connectivity index (χ1v) is 12.7. The molecule has 0 saturated heterocycles. The molecule has 0 radical (unpaired) electrons. The van der Waals surface area contributed by atoms with Crippen LogP contribution in [0.2, 0.25) is 0 Å². The highest BCUT2D eigenvalue weighted by Gasteiger charge is 2.15. The molecule has 0 heterocycles. The van der Waals surface area contributed by atoms with Crippen LogP contribution in [0.25, 0.3) is 6.08 Å². The molecule has 3 aromatic carbocycles. The van der Waals surface area contributed by atoms with Crippen LogP contribution in [0.3, 0.4) is 0 Å². The summed E-state index contributed by atoms with van der Waals surface area (Å²) in [5.74, 6) is -0.360. The van der Waals surface area contributed by atoms with Crippen LogP contribution >= 0.6 is 31.9 Å². The molecule has 0 saturated carbocycles. The van der Waals surface area contributed by atoms with E-state index in [-0.39, 0.29) is 18.1 Å². The van der Waals surface area contributed by atoms with Gasteiger partial charge in [0.05, 0.1) is 8.95 Å². The zero-order chi connectivity index (χ0) is 26.4. The van der Waals surface area contributed by atoms with Crippen molar-refractivity contribution in [1.82, 2.24) is 0 Å². The number of aryl methyl sites for hydroxylation is 4. The van der Waals surface area contributed by atoms with Crippen molar-refractivity contribution in [2.24, 2.45) is 0 Å². The van der Waals surface area contributed by atoms with Gasteiger partial charge in [-0.3, -0.25) is 9.59 Å². The molecule has 3 aromatic rings. The number of ether oxygens (including phenoxy) is 1. The number of carbonyl (C=O) groups is 2. The van der Waals surface area contributed by atoms with E-state index in [1.165, 1.54) is 6.08 Å². The smallest absolute Gasteiger partial charge is 0.266 e. The third-order valence-corrected chi connectivity index (χ3v) is 6.51. The Bertz CT molecular complexity index is 1380. The summed E-state index contributed by atoms with van der Waals surface area (Å²) in [5, 5.41) is 15.2. The standard InChI is InChI=1S/C28H25Br2N3O3/c1-16-5-7-24(18(3)9-16)32-26(34)15-36-27-22(29)12-20(13-23(27)30)11-21(14-31)28(35)33-25-8-6-17(2)10-19(25)4/h5-13H,15H2,1-4H3,(H,32,34)(H,33,35)/b21-11+. The molecule has 8 heteroatoms. The number of nitriles is 1. The minimum atomic E-state index is -0.500. The van der Waals surface area contributed by atoms with Crippen LogP contribution < -0.4 is 15.4 Å². The van der Waals surface area contributed by atoms with Crippen LogP contribution in [-0.2, 0) is 9.59 Å². The van der Waals surface area contributed by atoms with Gasteiger partial charge in [-0.25, -0.2) is 0 Å². The van der Waals surface area contributed by atoms with E-state index >= 15 is 0 Å². The molecule has 0 spiro atoms. The van der Waals surface area contributed by atoms with Gasteiger partial charge in [-0.15, -0.1) is 0 Å². The lowest BCUT2D eigenvalue weighted by molar-refractivity contribution is -0.118. The van der Waals surface area contributed by atoms with Crippen molar-refractivity contribution in [2.45, 2.75) is 27.7 Å². The average molecular weight is 611 g/mol. The number of hydrogen-bond donors (Lipinski definition) is 2. The molecule has 0 bridgehead atoms. The summed E-state index contributed by atoms with van der Waals surface area (Å²) in [7, 11) is 0. The molecule has 2 amide bonds. The number of halogens is 2. The average Bonchev–Trinajstić information content (AvgIpc) is 2.80. The molecule has 2 N–H and O–H groups in total. The number of rotatable bonds is 7. The van der Waals surface area contributed by atoms with Crippen LogP contribution in [0, 0.1) is 39.0 Å². The topological polar surface area (TPSA) is 91.2 Å². The van der Waals surface area contributed by atoms with Gasteiger partial charge in [-0.05, 0) is 107 Å². The Labute approximate surface area is 227 Å². The fourth-order valence-corrected chi connectivity index (χ4v) is 4.99. The third kappa shape index (κ3) is 7.06. The molecule has 0 atom stereocenters. The highest BCUT2D eigenvalue weighted by molar-refractivity contribution is 9.11. The van der Waals surface area contributed by atoms with Crippen LogP contribution in [0.15, 0.2) is 63.0 Å². The maximum Gasteiger partial charge on any atom is 0.266 e. The number of nitrogens with one attached hydrogen (secondary N) is 2. The number of benzene rings is 3. The highest BCUT2D eigenvalue weighted by atomic mass is 79.9. The lowest BCUT2D eigenvalue weighted by Gasteiger charge is -2.13. The number of amides is 2. The molecule has 184 valence electrons. The van der Waals surface area contributed by atoms with Crippen molar-refractivity contribution < 1.29 is 14.3 Å². The summed E-state index contributed by atoms with van der Waals surface area (Å²) >= 11 is 6.91. The summed E-state index contributed by atoms with van der Waals surface area (Å²) < 4.78 is 6.86. The Kier molecular flexibility index (Phi) is 9.08. The van der Waals surface area contributed by atoms with E-state index in [0.29, 0.717) is 25.9 Å². The fraction of sp³-hybridized carbons (Fsp3) is 0.179. The Hall–Kier alpha value is -3.41. The van der Waals surface area contributed by atoms with Crippen LogP contribution in [0.4, 0.5) is 11.4 Å². The van der Waals surface area contributed by atoms with Crippen molar-refractivity contribution in [1.29, 1.82) is 5.26 Å². The van der Waals surface area contributed by atoms with E-state index in [1.807, 2.05) is 70.2 Å². The predicted octanol–water partition coefficient (Wildman–Crippen LogP) is 7.01. The van der Waals surface area contributed by atoms with Crippen molar-refractivity contribution >= 4 is 61.1 Å². The lowest BCUT2D eigenvalue weighted by atomic mass is 10.1. The fourth-order valence-electron chi connectivity index (χ4n) is 3.54. The zero-order valence-corrected chi connectivity index (χ0v) is 23.5. The third-order valence-electron chi connectivity index (χ3n) is 5.33. The van der Waals surface area contributed by atoms with Gasteiger partial charge in [-0.2, -0.15) is 5.26 Å². The molecule has 0 aliphatic heterocycles. The second-order valence-electron chi connectivity index (χ2n) is 8.41. The second kappa shape index (κ2) is 12.0. The first-order chi connectivity index (χ1) is 17.1. The minimum Gasteiger partial charge on any atom is -0.481 e. The van der Waals surface area contributed by atoms with Gasteiger partial charge in [0.25, 0.3) is 11.8 Å². The van der Waals surface area contributed by atoms with E-state index in [0.717, 1.165) is 27.9 Å². The van der Waals surface area contributed by atoms with Crippen LogP contribution in [0.1, 0.15) is 27.8 Å². The van der Waals surface area contributed by atoms with Gasteiger partial charge < -0.3 is 15.4 Å². The summed E-state index contributed by atoms with van der Waals surface area (Å²) in [6.45, 7) is 7.60. The quantitative estimate of drug-likeness (QED) is 0.222. The van der Waals surface area contributed by atoms with Crippen molar-refractivity contribution in [3.63, 3.8) is 0 Å². The van der Waals surface area contributed by atoms with Gasteiger partial charge in [0.15, 0.2) is 6.61 Å². The van der Waals surface area contributed by atoms with Gasteiger partial charge >= 0.3 is 0 Å². The Morgan fingerprint density at radius 3 is 1.92 bits per heavy atom. The molecule has 0 aromatic heterocycles. The first-order valence-electron chi connectivity index (χ1n) is 11.1. The number of nitrogens with zero attached hydrogens (tertiary/aromatic N) is 1. The van der Waals surface area contributed by atoms with Crippen molar-refractivity contribution in [3.05, 3.63) is 90.9 Å². The van der Waals surface area contributed by atoms with E-state index in [4.69, 9.17) is 4.74 Å². The Morgan fingerprint density at radius 2 is 1.42 bits per heavy atom. The molecule has 36 heavy (non-hydrogen) atoms. The monoisotopic (exact) mass is 609 g/mol. The van der Waals surface area contributed by atoms with Gasteiger partial charge in [-0.1, -0.05) is 35.4 Å². The number of hydrogen-bond acceptors (Lipinski definition) is 4. The maximum atomic E-state index is 12.7. The number of anilines is 2. The van der Waals surface area contributed by atoms with Crippen molar-refractivity contribution in [3.8, 4) is 11.8 Å². The van der Waals surface area contributed by atoms with Crippen LogP contribution in [-0.4, -0.2) is 18.4 Å². The summed E-state index contributed by atoms with van der Waals surface area (Å²) in [6.07, 6.45) is 1.49. The normalized spacial score (nSPS) is 11.0. The molecule has 6 nitrogen and oxygen atoms in total. The van der Waals surface area contributed by atoms with E-state index in [2.05, 4.69) is 42.5 Å². The highest BCUT2D eigenvalue weighted by Crippen LogP contribution is 2.35. The summed E-state index contributed by atoms with van der Waals surface area (Å²) in [5.41, 5.74) is 6.02. The second-order valence-corrected chi connectivity index (χ2v) is 10.1. The van der Waals surface area contributed by atoms with Gasteiger partial charge in [0.2, 0.25) is 0 Å². The first kappa shape index (κ1) is 27.2. The SMILES string of the molecule is Cc1ccc(NC(=O)COc2c(Br)cc(/C=C(\C#N)C(=O)Nc3ccc(C)cc3C)cc2Br)c(C)c1. The predicted molar refractivity (Wildman–Crippen MR) is 150 cm³/mol. The Morgan fingerprint density at radius 1 is 0.889 bits per heavy atom. The van der Waals surface area contributed by atoms with E-state index < -0.39 is 5.91 Å². The Balaban J connectivity index is 1.71. The summed E-state index contributed by atoms with van der Waals surface area (Å²) in [6, 6.07) is 16.8. The molecular formula is C28H25Br2N3O3. The summed E-state index contributed by atoms with van der Waals surface area (Å²) in [4.78, 5) is 25.1. The van der Waals surface area contributed by atoms with Gasteiger partial charge in [0.1, 0.15) is 17.4 Å². The molecule has 0 aliphatic rings. The number of carbonyl (C=O) groups excluding carboxylic acids is 2. The van der Waals surface area contributed by atoms with E-state index in [1.54, 1.807) is 12.1 Å². The largest absolute Gasteiger partial charge is 0.481 e. The van der Waals surface area contributed by atoms with Gasteiger partial charge in [0, 0.05) is 11.4 Å². The molecule has 0 unspecified atom stereocenters. The maximum absolute atomic E-state index is 12.7. The zero-order valence-electron chi connectivity index (χ0n) is 20.3. The molecule has 0 fully saturated rings. The van der Waals surface area contributed by atoms with E-state index in [9.17, 15) is 14.9 Å². The molecule has 3 rings (SSSR count). The van der Waals surface area contributed by atoms with Crippen molar-refractivity contribution in [2.75, 3.05) is 17.2 Å².